The number of aromatic nitrogens is 1. The average molecular weight is 300 g/mol. The van der Waals surface area contributed by atoms with Crippen LogP contribution in [0.2, 0.25) is 0 Å². The van der Waals surface area contributed by atoms with Gasteiger partial charge in [-0.3, -0.25) is 0 Å². The molecule has 4 nitrogen and oxygen atoms in total. The fourth-order valence-electron chi connectivity index (χ4n) is 2.17. The molecule has 1 aliphatic carbocycles. The van der Waals surface area contributed by atoms with Crippen LogP contribution in [0.5, 0.6) is 11.5 Å². The molecule has 1 heterocycles. The first kappa shape index (κ1) is 13.9. The fourth-order valence-corrected chi connectivity index (χ4v) is 3.17. The Morgan fingerprint density at radius 1 is 1.29 bits per heavy atom. The second kappa shape index (κ2) is 6.15. The number of hydrogen-bond donors (Lipinski definition) is 0. The molecular weight excluding hydrogens is 284 g/mol. The zero-order valence-electron chi connectivity index (χ0n) is 11.8. The Bertz CT molecular complexity index is 654. The lowest BCUT2D eigenvalue weighted by atomic mass is 10.2. The van der Waals surface area contributed by atoms with Crippen LogP contribution >= 0.6 is 11.3 Å². The third-order valence-electron chi connectivity index (χ3n) is 3.40. The maximum absolute atomic E-state index is 8.90. The number of nitriles is 1. The van der Waals surface area contributed by atoms with Gasteiger partial charge in [-0.05, 0) is 37.1 Å². The van der Waals surface area contributed by atoms with E-state index < -0.39 is 0 Å². The molecule has 0 saturated heterocycles. The summed E-state index contributed by atoms with van der Waals surface area (Å²) in [6.45, 7) is 0.447. The summed E-state index contributed by atoms with van der Waals surface area (Å²) >= 11 is 1.60. The monoisotopic (exact) mass is 300 g/mol. The van der Waals surface area contributed by atoms with Gasteiger partial charge in [0.25, 0.3) is 0 Å². The maximum Gasteiger partial charge on any atom is 0.140 e. The highest BCUT2D eigenvalue weighted by Gasteiger charge is 2.29. The van der Waals surface area contributed by atoms with Crippen LogP contribution in [-0.4, -0.2) is 12.1 Å². The summed E-state index contributed by atoms with van der Waals surface area (Å²) in [4.78, 5) is 5.76. The van der Waals surface area contributed by atoms with E-state index in [0.29, 0.717) is 18.9 Å². The summed E-state index contributed by atoms with van der Waals surface area (Å²) in [6, 6.07) is 9.72. The standard InChI is InChI=1S/C16H16N2O2S/c1-19-12-4-6-13(7-5-12)20-10-15-18-16(11-2-3-11)14(21-15)8-9-17/h4-7,11H,2-3,8,10H2,1H3. The number of methoxy groups -OCH3 is 1. The molecule has 2 aromatic rings. The van der Waals surface area contributed by atoms with Gasteiger partial charge >= 0.3 is 0 Å². The van der Waals surface area contributed by atoms with Crippen molar-refractivity contribution in [2.45, 2.75) is 31.8 Å². The van der Waals surface area contributed by atoms with Crippen molar-refractivity contribution in [3.8, 4) is 17.6 Å². The third kappa shape index (κ3) is 3.34. The zero-order valence-corrected chi connectivity index (χ0v) is 12.7. The van der Waals surface area contributed by atoms with Crippen molar-refractivity contribution in [3.63, 3.8) is 0 Å². The van der Waals surface area contributed by atoms with Crippen LogP contribution in [0.15, 0.2) is 24.3 Å². The van der Waals surface area contributed by atoms with E-state index >= 15 is 0 Å². The lowest BCUT2D eigenvalue weighted by Crippen LogP contribution is -1.95. The molecule has 1 aliphatic rings. The number of nitrogens with zero attached hydrogens (tertiary/aromatic N) is 2. The van der Waals surface area contributed by atoms with Gasteiger partial charge in [0.05, 0.1) is 25.3 Å². The van der Waals surface area contributed by atoms with Crippen LogP contribution in [0, 0.1) is 11.3 Å². The van der Waals surface area contributed by atoms with Gasteiger partial charge in [0.2, 0.25) is 0 Å². The lowest BCUT2D eigenvalue weighted by molar-refractivity contribution is 0.304. The predicted molar refractivity (Wildman–Crippen MR) is 80.7 cm³/mol. The minimum atomic E-state index is 0.447. The van der Waals surface area contributed by atoms with Crippen molar-refractivity contribution in [2.24, 2.45) is 0 Å². The number of rotatable bonds is 6. The lowest BCUT2D eigenvalue weighted by Gasteiger charge is -2.04. The Balaban J connectivity index is 1.67. The van der Waals surface area contributed by atoms with E-state index in [1.54, 1.807) is 18.4 Å². The van der Waals surface area contributed by atoms with Crippen LogP contribution in [0.25, 0.3) is 0 Å². The molecule has 3 rings (SSSR count). The highest BCUT2D eigenvalue weighted by atomic mass is 32.1. The van der Waals surface area contributed by atoms with Crippen molar-refractivity contribution in [2.75, 3.05) is 7.11 Å². The summed E-state index contributed by atoms with van der Waals surface area (Å²) < 4.78 is 10.9. The summed E-state index contributed by atoms with van der Waals surface area (Å²) in [7, 11) is 1.64. The van der Waals surface area contributed by atoms with E-state index in [1.165, 1.54) is 12.8 Å². The van der Waals surface area contributed by atoms with E-state index in [1.807, 2.05) is 24.3 Å². The highest BCUT2D eigenvalue weighted by molar-refractivity contribution is 7.11. The van der Waals surface area contributed by atoms with E-state index in [-0.39, 0.29) is 0 Å². The highest BCUT2D eigenvalue weighted by Crippen LogP contribution is 2.42. The van der Waals surface area contributed by atoms with Gasteiger partial charge in [-0.2, -0.15) is 5.26 Å². The Hall–Kier alpha value is -2.06. The van der Waals surface area contributed by atoms with Crippen molar-refractivity contribution in [1.29, 1.82) is 5.26 Å². The molecule has 0 N–H and O–H groups in total. The molecule has 0 unspecified atom stereocenters. The Morgan fingerprint density at radius 3 is 2.62 bits per heavy atom. The van der Waals surface area contributed by atoms with E-state index in [4.69, 9.17) is 14.7 Å². The number of thiazole rings is 1. The first-order valence-corrected chi connectivity index (χ1v) is 7.74. The Labute approximate surface area is 128 Å². The van der Waals surface area contributed by atoms with E-state index in [0.717, 1.165) is 27.1 Å². The number of hydrogen-bond acceptors (Lipinski definition) is 5. The summed E-state index contributed by atoms with van der Waals surface area (Å²) in [5.41, 5.74) is 1.12. The molecule has 5 heteroatoms. The zero-order chi connectivity index (χ0) is 14.7. The van der Waals surface area contributed by atoms with Crippen LogP contribution in [-0.2, 0) is 13.0 Å². The topological polar surface area (TPSA) is 55.1 Å². The molecule has 0 atom stereocenters. The molecule has 0 aliphatic heterocycles. The van der Waals surface area contributed by atoms with Gasteiger partial charge in [-0.1, -0.05) is 0 Å². The van der Waals surface area contributed by atoms with Crippen molar-refractivity contribution >= 4 is 11.3 Å². The molecule has 1 aromatic heterocycles. The van der Waals surface area contributed by atoms with Gasteiger partial charge in [-0.25, -0.2) is 4.98 Å². The fraction of sp³-hybridized carbons (Fsp3) is 0.375. The SMILES string of the molecule is COc1ccc(OCc2nc(C3CC3)c(CC#N)s2)cc1. The van der Waals surface area contributed by atoms with Crippen molar-refractivity contribution in [1.82, 2.24) is 4.98 Å². The molecule has 108 valence electrons. The molecular formula is C16H16N2O2S. The van der Waals surface area contributed by atoms with Crippen molar-refractivity contribution in [3.05, 3.63) is 39.8 Å². The summed E-state index contributed by atoms with van der Waals surface area (Å²) in [6.07, 6.45) is 2.84. The molecule has 0 spiro atoms. The first-order chi connectivity index (χ1) is 10.3. The van der Waals surface area contributed by atoms with Crippen LogP contribution in [0.3, 0.4) is 0 Å². The molecule has 1 saturated carbocycles. The molecule has 0 amide bonds. The van der Waals surface area contributed by atoms with Crippen LogP contribution < -0.4 is 9.47 Å². The molecule has 0 radical (unpaired) electrons. The predicted octanol–water partition coefficient (Wildman–Crippen LogP) is 3.67. The normalized spacial score (nSPS) is 13.7. The molecule has 1 fully saturated rings. The third-order valence-corrected chi connectivity index (χ3v) is 4.44. The average Bonchev–Trinajstić information content (AvgIpc) is 3.28. The molecule has 21 heavy (non-hydrogen) atoms. The van der Waals surface area contributed by atoms with Gasteiger partial charge < -0.3 is 9.47 Å². The summed E-state index contributed by atoms with van der Waals surface area (Å²) in [5, 5.41) is 9.84. The van der Waals surface area contributed by atoms with Gasteiger partial charge in [0, 0.05) is 10.8 Å². The van der Waals surface area contributed by atoms with Gasteiger partial charge in [-0.15, -0.1) is 11.3 Å². The van der Waals surface area contributed by atoms with Gasteiger partial charge in [0.1, 0.15) is 23.1 Å². The largest absolute Gasteiger partial charge is 0.497 e. The Kier molecular flexibility index (Phi) is 4.07. The van der Waals surface area contributed by atoms with Crippen molar-refractivity contribution < 1.29 is 9.47 Å². The number of benzene rings is 1. The first-order valence-electron chi connectivity index (χ1n) is 6.92. The minimum Gasteiger partial charge on any atom is -0.497 e. The minimum absolute atomic E-state index is 0.447. The van der Waals surface area contributed by atoms with E-state index in [9.17, 15) is 0 Å². The summed E-state index contributed by atoms with van der Waals surface area (Å²) in [5.74, 6) is 2.17. The second-order valence-electron chi connectivity index (χ2n) is 4.99. The smallest absolute Gasteiger partial charge is 0.140 e. The second-order valence-corrected chi connectivity index (χ2v) is 6.16. The molecule has 1 aromatic carbocycles. The van der Waals surface area contributed by atoms with Crippen LogP contribution in [0.1, 0.15) is 34.3 Å². The van der Waals surface area contributed by atoms with E-state index in [2.05, 4.69) is 11.1 Å². The maximum atomic E-state index is 8.90. The number of ether oxygens (including phenoxy) is 2. The van der Waals surface area contributed by atoms with Gasteiger partial charge in [0.15, 0.2) is 0 Å². The molecule has 0 bridgehead atoms. The van der Waals surface area contributed by atoms with Crippen LogP contribution in [0.4, 0.5) is 0 Å². The quantitative estimate of drug-likeness (QED) is 0.816. The Morgan fingerprint density at radius 2 is 2.00 bits per heavy atom.